The van der Waals surface area contributed by atoms with E-state index in [1.807, 2.05) is 0 Å². The third kappa shape index (κ3) is 0.502. The summed E-state index contributed by atoms with van der Waals surface area (Å²) in [6.45, 7) is 0.419. The van der Waals surface area contributed by atoms with Crippen molar-refractivity contribution in [1.29, 1.82) is 0 Å². The zero-order valence-corrected chi connectivity index (χ0v) is 4.60. The van der Waals surface area contributed by atoms with Gasteiger partial charge in [-0.05, 0) is 0 Å². The Kier molecular flexibility index (Phi) is 0.988. The van der Waals surface area contributed by atoms with Gasteiger partial charge in [0.25, 0.3) is 5.91 Å². The number of methoxy groups -OCH3 is 1. The normalized spacial score (nSPS) is 36.0. The van der Waals surface area contributed by atoms with Crippen molar-refractivity contribution in [1.82, 2.24) is 5.32 Å². The number of carbonyl (C=O) groups excluding carboxylic acids is 1. The van der Waals surface area contributed by atoms with Crippen LogP contribution in [-0.4, -0.2) is 25.3 Å². The summed E-state index contributed by atoms with van der Waals surface area (Å²) < 4.78 is 4.65. The van der Waals surface area contributed by atoms with Gasteiger partial charge in [0.05, 0.1) is 6.54 Å². The van der Waals surface area contributed by atoms with Crippen LogP contribution in [0, 0.1) is 0 Å². The van der Waals surface area contributed by atoms with Crippen molar-refractivity contribution in [3.63, 3.8) is 0 Å². The molecule has 0 aromatic rings. The van der Waals surface area contributed by atoms with E-state index in [0.717, 1.165) is 0 Å². The summed E-state index contributed by atoms with van der Waals surface area (Å²) in [5.41, 5.74) is 4.28. The summed E-state index contributed by atoms with van der Waals surface area (Å²) in [7, 11) is 1.42. The van der Waals surface area contributed by atoms with E-state index < -0.39 is 5.72 Å². The first-order valence-corrected chi connectivity index (χ1v) is 2.31. The van der Waals surface area contributed by atoms with Gasteiger partial charge in [0.15, 0.2) is 0 Å². The zero-order chi connectivity index (χ0) is 6.20. The number of nitrogens with two attached hydrogens (primary N) is 1. The molecule has 0 radical (unpaired) electrons. The van der Waals surface area contributed by atoms with Crippen molar-refractivity contribution in [3.05, 3.63) is 0 Å². The molecule has 0 aromatic carbocycles. The Hall–Kier alpha value is -0.610. The number of hydrogen-bond donors (Lipinski definition) is 2. The van der Waals surface area contributed by atoms with Crippen molar-refractivity contribution in [2.45, 2.75) is 5.72 Å². The van der Waals surface area contributed by atoms with Crippen molar-refractivity contribution >= 4 is 5.91 Å². The van der Waals surface area contributed by atoms with Crippen molar-refractivity contribution in [2.24, 2.45) is 5.73 Å². The lowest BCUT2D eigenvalue weighted by Gasteiger charge is -2.34. The van der Waals surface area contributed by atoms with E-state index in [9.17, 15) is 4.79 Å². The molecule has 1 fully saturated rings. The molecule has 1 aliphatic heterocycles. The Balaban J connectivity index is 2.55. The molecule has 1 heterocycles. The lowest BCUT2D eigenvalue weighted by Crippen LogP contribution is -2.71. The summed E-state index contributed by atoms with van der Waals surface area (Å²) in [4.78, 5) is 10.4. The fourth-order valence-corrected chi connectivity index (χ4v) is 0.500. The van der Waals surface area contributed by atoms with Crippen molar-refractivity contribution in [2.75, 3.05) is 13.7 Å². The molecule has 1 aliphatic rings. The Morgan fingerprint density at radius 1 is 2.00 bits per heavy atom. The Morgan fingerprint density at radius 3 is 2.62 bits per heavy atom. The van der Waals surface area contributed by atoms with Gasteiger partial charge in [-0.1, -0.05) is 0 Å². The quantitative estimate of drug-likeness (QED) is 0.321. The number of amides is 1. The van der Waals surface area contributed by atoms with Crippen molar-refractivity contribution < 1.29 is 9.53 Å². The maximum absolute atomic E-state index is 10.4. The first-order chi connectivity index (χ1) is 3.69. The van der Waals surface area contributed by atoms with Crippen LogP contribution in [0.4, 0.5) is 0 Å². The highest BCUT2D eigenvalue weighted by molar-refractivity contribution is 5.90. The summed E-state index contributed by atoms with van der Waals surface area (Å²) in [5.74, 6) is -0.236. The SMILES string of the molecule is COC1(N)CNC1=O. The molecule has 1 amide bonds. The number of β-lactam (4-membered cyclic amide) rings is 1. The van der Waals surface area contributed by atoms with Gasteiger partial charge in [0.2, 0.25) is 5.72 Å². The van der Waals surface area contributed by atoms with Gasteiger partial charge in [0, 0.05) is 7.11 Å². The van der Waals surface area contributed by atoms with E-state index in [0.29, 0.717) is 6.54 Å². The molecule has 1 unspecified atom stereocenters. The van der Waals surface area contributed by atoms with Crippen LogP contribution in [0.3, 0.4) is 0 Å². The maximum atomic E-state index is 10.4. The lowest BCUT2D eigenvalue weighted by atomic mass is 10.1. The minimum absolute atomic E-state index is 0.236. The van der Waals surface area contributed by atoms with E-state index in [2.05, 4.69) is 10.1 Å². The molecule has 1 saturated heterocycles. The second-order valence-corrected chi connectivity index (χ2v) is 1.78. The molecule has 1 atom stereocenters. The monoisotopic (exact) mass is 116 g/mol. The molecule has 3 N–H and O–H groups in total. The van der Waals surface area contributed by atoms with Crippen LogP contribution in [-0.2, 0) is 9.53 Å². The zero-order valence-electron chi connectivity index (χ0n) is 4.60. The predicted octanol–water partition coefficient (Wildman–Crippen LogP) is -1.58. The van der Waals surface area contributed by atoms with E-state index in [-0.39, 0.29) is 5.91 Å². The standard InChI is InChI=1S/C4H8N2O2/c1-8-4(5)2-6-3(4)7/h2,5H2,1H3,(H,6,7). The molecule has 8 heavy (non-hydrogen) atoms. The van der Waals surface area contributed by atoms with E-state index in [1.54, 1.807) is 0 Å². The molecule has 1 rings (SSSR count). The van der Waals surface area contributed by atoms with Crippen LogP contribution in [0.5, 0.6) is 0 Å². The first kappa shape index (κ1) is 5.53. The number of ether oxygens (including phenoxy) is 1. The second-order valence-electron chi connectivity index (χ2n) is 1.78. The number of hydrogen-bond acceptors (Lipinski definition) is 3. The highest BCUT2D eigenvalue weighted by Gasteiger charge is 2.42. The summed E-state index contributed by atoms with van der Waals surface area (Å²) in [6, 6.07) is 0. The number of carbonyl (C=O) groups is 1. The van der Waals surface area contributed by atoms with Gasteiger partial charge in [-0.15, -0.1) is 0 Å². The summed E-state index contributed by atoms with van der Waals surface area (Å²) in [6.07, 6.45) is 0. The minimum Gasteiger partial charge on any atom is -0.354 e. The third-order valence-electron chi connectivity index (χ3n) is 1.26. The van der Waals surface area contributed by atoms with Gasteiger partial charge in [-0.2, -0.15) is 0 Å². The van der Waals surface area contributed by atoms with Crippen LogP contribution in [0.2, 0.25) is 0 Å². The van der Waals surface area contributed by atoms with Crippen LogP contribution in [0.15, 0.2) is 0 Å². The third-order valence-corrected chi connectivity index (χ3v) is 1.26. The first-order valence-electron chi connectivity index (χ1n) is 2.31. The van der Waals surface area contributed by atoms with Gasteiger partial charge >= 0.3 is 0 Å². The fourth-order valence-electron chi connectivity index (χ4n) is 0.500. The van der Waals surface area contributed by atoms with Crippen LogP contribution in [0.25, 0.3) is 0 Å². The molecular formula is C4H8N2O2. The predicted molar refractivity (Wildman–Crippen MR) is 26.9 cm³/mol. The van der Waals surface area contributed by atoms with Crippen LogP contribution >= 0.6 is 0 Å². The molecule has 0 aliphatic carbocycles. The molecule has 4 heteroatoms. The Labute approximate surface area is 47.0 Å². The van der Waals surface area contributed by atoms with Crippen molar-refractivity contribution in [3.8, 4) is 0 Å². The van der Waals surface area contributed by atoms with E-state index in [1.165, 1.54) is 7.11 Å². The minimum atomic E-state index is -1.03. The highest BCUT2D eigenvalue weighted by Crippen LogP contribution is 2.07. The van der Waals surface area contributed by atoms with Crippen LogP contribution < -0.4 is 11.1 Å². The highest BCUT2D eigenvalue weighted by atomic mass is 16.5. The summed E-state index contributed by atoms with van der Waals surface area (Å²) >= 11 is 0. The maximum Gasteiger partial charge on any atom is 0.269 e. The average Bonchev–Trinajstić information content (AvgIpc) is 1.83. The summed E-state index contributed by atoms with van der Waals surface area (Å²) in [5, 5.41) is 2.46. The van der Waals surface area contributed by atoms with E-state index in [4.69, 9.17) is 5.73 Å². The van der Waals surface area contributed by atoms with Gasteiger partial charge in [-0.3, -0.25) is 10.5 Å². The Morgan fingerprint density at radius 2 is 2.62 bits per heavy atom. The van der Waals surface area contributed by atoms with Crippen LogP contribution in [0.1, 0.15) is 0 Å². The Bertz CT molecular complexity index is 121. The molecule has 0 aromatic heterocycles. The molecule has 0 spiro atoms. The second kappa shape index (κ2) is 1.43. The lowest BCUT2D eigenvalue weighted by molar-refractivity contribution is -0.155. The smallest absolute Gasteiger partial charge is 0.269 e. The largest absolute Gasteiger partial charge is 0.354 e. The molecule has 46 valence electrons. The molecule has 4 nitrogen and oxygen atoms in total. The topological polar surface area (TPSA) is 64.3 Å². The number of rotatable bonds is 1. The average molecular weight is 116 g/mol. The fraction of sp³-hybridized carbons (Fsp3) is 0.750. The van der Waals surface area contributed by atoms with Gasteiger partial charge in [0.1, 0.15) is 0 Å². The molecule has 0 bridgehead atoms. The van der Waals surface area contributed by atoms with Gasteiger partial charge < -0.3 is 10.1 Å². The molecule has 0 saturated carbocycles. The molecular weight excluding hydrogens is 108 g/mol. The number of nitrogens with one attached hydrogen (secondary N) is 1. The van der Waals surface area contributed by atoms with Gasteiger partial charge in [-0.25, -0.2) is 0 Å². The van der Waals surface area contributed by atoms with E-state index >= 15 is 0 Å².